The summed E-state index contributed by atoms with van der Waals surface area (Å²) in [5.74, 6) is 1.27. The average molecular weight is 322 g/mol. The molecule has 0 atom stereocenters. The van der Waals surface area contributed by atoms with Gasteiger partial charge < -0.3 is 20.1 Å². The van der Waals surface area contributed by atoms with E-state index < -0.39 is 6.17 Å². The quantitative estimate of drug-likeness (QED) is 0.721. The molecule has 23 heavy (non-hydrogen) atoms. The smallest absolute Gasteiger partial charge is 0.218 e. The second-order valence-corrected chi connectivity index (χ2v) is 5.78. The standard InChI is InChI=1S/C17H26N2O4/c1-11(2)8-9-23-16-10-14(6-7-15(16)22-5)17(18-12(3)20)19-13(4)21/h6-7,10-11,17H,8-9H2,1-5H3,(H,18,20)(H,19,21). The molecule has 0 aliphatic carbocycles. The maximum absolute atomic E-state index is 11.3. The van der Waals surface area contributed by atoms with Crippen molar-refractivity contribution in [1.82, 2.24) is 10.6 Å². The number of amides is 2. The van der Waals surface area contributed by atoms with Crippen LogP contribution in [0, 0.1) is 5.92 Å². The molecule has 0 aromatic heterocycles. The van der Waals surface area contributed by atoms with Gasteiger partial charge in [0.2, 0.25) is 11.8 Å². The summed E-state index contributed by atoms with van der Waals surface area (Å²) < 4.78 is 11.1. The van der Waals surface area contributed by atoms with Crippen LogP contribution < -0.4 is 20.1 Å². The summed E-state index contributed by atoms with van der Waals surface area (Å²) in [4.78, 5) is 22.7. The molecule has 0 aliphatic rings. The summed E-state index contributed by atoms with van der Waals surface area (Å²) in [7, 11) is 1.57. The highest BCUT2D eigenvalue weighted by atomic mass is 16.5. The van der Waals surface area contributed by atoms with E-state index in [-0.39, 0.29) is 11.8 Å². The molecule has 1 aromatic carbocycles. The number of hydrogen-bond donors (Lipinski definition) is 2. The fraction of sp³-hybridized carbons (Fsp3) is 0.529. The first-order valence-corrected chi connectivity index (χ1v) is 7.68. The fourth-order valence-corrected chi connectivity index (χ4v) is 2.00. The van der Waals surface area contributed by atoms with Crippen LogP contribution in [0.3, 0.4) is 0 Å². The van der Waals surface area contributed by atoms with E-state index in [1.165, 1.54) is 13.8 Å². The van der Waals surface area contributed by atoms with Crippen molar-refractivity contribution in [3.05, 3.63) is 23.8 Å². The van der Waals surface area contributed by atoms with E-state index in [9.17, 15) is 9.59 Å². The number of rotatable bonds is 8. The first-order chi connectivity index (χ1) is 10.8. The van der Waals surface area contributed by atoms with E-state index >= 15 is 0 Å². The SMILES string of the molecule is COc1ccc(C(NC(C)=O)NC(C)=O)cc1OCCC(C)C. The molecule has 2 amide bonds. The van der Waals surface area contributed by atoms with Gasteiger partial charge in [0.05, 0.1) is 13.7 Å². The highest BCUT2D eigenvalue weighted by Gasteiger charge is 2.16. The van der Waals surface area contributed by atoms with E-state index in [1.807, 2.05) is 0 Å². The van der Waals surface area contributed by atoms with Gasteiger partial charge in [-0.25, -0.2) is 0 Å². The molecule has 1 rings (SSSR count). The highest BCUT2D eigenvalue weighted by Crippen LogP contribution is 2.30. The number of ether oxygens (including phenoxy) is 2. The van der Waals surface area contributed by atoms with Crippen LogP contribution in [-0.2, 0) is 9.59 Å². The maximum atomic E-state index is 11.3. The molecule has 0 radical (unpaired) electrons. The lowest BCUT2D eigenvalue weighted by Crippen LogP contribution is -2.39. The Bertz CT molecular complexity index is 527. The molecule has 2 N–H and O–H groups in total. The Labute approximate surface area is 137 Å². The Balaban J connectivity index is 2.99. The largest absolute Gasteiger partial charge is 0.493 e. The second kappa shape index (κ2) is 9.02. The lowest BCUT2D eigenvalue weighted by Gasteiger charge is -2.21. The topological polar surface area (TPSA) is 76.7 Å². The van der Waals surface area contributed by atoms with Crippen LogP contribution in [-0.4, -0.2) is 25.5 Å². The van der Waals surface area contributed by atoms with Crippen LogP contribution in [0.1, 0.15) is 45.8 Å². The van der Waals surface area contributed by atoms with Crippen molar-refractivity contribution >= 4 is 11.8 Å². The highest BCUT2D eigenvalue weighted by molar-refractivity contribution is 5.76. The van der Waals surface area contributed by atoms with Crippen LogP contribution in [0.25, 0.3) is 0 Å². The lowest BCUT2D eigenvalue weighted by atomic mass is 10.1. The minimum absolute atomic E-state index is 0.234. The second-order valence-electron chi connectivity index (χ2n) is 5.78. The predicted octanol–water partition coefficient (Wildman–Crippen LogP) is 2.39. The molecule has 128 valence electrons. The number of methoxy groups -OCH3 is 1. The predicted molar refractivity (Wildman–Crippen MR) is 88.3 cm³/mol. The van der Waals surface area contributed by atoms with Crippen LogP contribution in [0.2, 0.25) is 0 Å². The zero-order valence-corrected chi connectivity index (χ0v) is 14.4. The molecule has 6 nitrogen and oxygen atoms in total. The Kier molecular flexibility index (Phi) is 7.38. The van der Waals surface area contributed by atoms with Crippen molar-refractivity contribution < 1.29 is 19.1 Å². The summed E-state index contributed by atoms with van der Waals surface area (Å²) in [6.45, 7) is 7.63. The summed E-state index contributed by atoms with van der Waals surface area (Å²) >= 11 is 0. The molecule has 0 heterocycles. The summed E-state index contributed by atoms with van der Waals surface area (Å²) in [6, 6.07) is 5.32. The van der Waals surface area contributed by atoms with Crippen LogP contribution in [0.4, 0.5) is 0 Å². The first kappa shape index (κ1) is 18.8. The van der Waals surface area contributed by atoms with Gasteiger partial charge in [-0.1, -0.05) is 19.9 Å². The van der Waals surface area contributed by atoms with Gasteiger partial charge in [-0.05, 0) is 30.0 Å². The van der Waals surface area contributed by atoms with Gasteiger partial charge in [0.15, 0.2) is 11.5 Å². The number of carbonyl (C=O) groups excluding carboxylic acids is 2. The minimum atomic E-state index is -0.608. The normalized spacial score (nSPS) is 10.6. The van der Waals surface area contributed by atoms with Crippen molar-refractivity contribution in [2.75, 3.05) is 13.7 Å². The Morgan fingerprint density at radius 1 is 1.09 bits per heavy atom. The Hall–Kier alpha value is -2.24. The van der Waals surface area contributed by atoms with Crippen LogP contribution in [0.15, 0.2) is 18.2 Å². The molecule has 0 saturated carbocycles. The van der Waals surface area contributed by atoms with Crippen LogP contribution >= 0.6 is 0 Å². The van der Waals surface area contributed by atoms with Crippen molar-refractivity contribution in [2.24, 2.45) is 5.92 Å². The van der Waals surface area contributed by atoms with Crippen molar-refractivity contribution in [2.45, 2.75) is 40.3 Å². The lowest BCUT2D eigenvalue weighted by molar-refractivity contribution is -0.122. The van der Waals surface area contributed by atoms with Gasteiger partial charge in [0, 0.05) is 13.8 Å². The molecular formula is C17H26N2O4. The molecule has 0 bridgehead atoms. The molecule has 0 aliphatic heterocycles. The third-order valence-corrected chi connectivity index (χ3v) is 3.17. The third-order valence-electron chi connectivity index (χ3n) is 3.17. The van der Waals surface area contributed by atoms with Crippen molar-refractivity contribution in [1.29, 1.82) is 0 Å². The van der Waals surface area contributed by atoms with E-state index in [1.54, 1.807) is 25.3 Å². The summed E-state index contributed by atoms with van der Waals surface area (Å²) in [6.07, 6.45) is 0.317. The first-order valence-electron chi connectivity index (χ1n) is 7.68. The molecule has 1 aromatic rings. The number of benzene rings is 1. The Morgan fingerprint density at radius 3 is 2.17 bits per heavy atom. The van der Waals surface area contributed by atoms with E-state index in [0.717, 1.165) is 12.0 Å². The zero-order valence-electron chi connectivity index (χ0n) is 14.4. The number of carbonyl (C=O) groups is 2. The Morgan fingerprint density at radius 2 is 1.70 bits per heavy atom. The number of nitrogens with one attached hydrogen (secondary N) is 2. The molecule has 0 unspecified atom stereocenters. The monoisotopic (exact) mass is 322 g/mol. The van der Waals surface area contributed by atoms with Gasteiger partial charge in [0.25, 0.3) is 0 Å². The van der Waals surface area contributed by atoms with E-state index in [2.05, 4.69) is 24.5 Å². The van der Waals surface area contributed by atoms with Crippen LogP contribution in [0.5, 0.6) is 11.5 Å². The van der Waals surface area contributed by atoms with Crippen molar-refractivity contribution in [3.63, 3.8) is 0 Å². The molecular weight excluding hydrogens is 296 g/mol. The molecule has 0 fully saturated rings. The van der Waals surface area contributed by atoms with Crippen molar-refractivity contribution in [3.8, 4) is 11.5 Å². The minimum Gasteiger partial charge on any atom is -0.493 e. The van der Waals surface area contributed by atoms with Gasteiger partial charge in [0.1, 0.15) is 6.17 Å². The number of hydrogen-bond acceptors (Lipinski definition) is 4. The van der Waals surface area contributed by atoms with Gasteiger partial charge >= 0.3 is 0 Å². The van der Waals surface area contributed by atoms with E-state index in [0.29, 0.717) is 24.0 Å². The molecule has 0 saturated heterocycles. The average Bonchev–Trinajstić information content (AvgIpc) is 2.45. The van der Waals surface area contributed by atoms with Gasteiger partial charge in [-0.3, -0.25) is 9.59 Å². The van der Waals surface area contributed by atoms with Gasteiger partial charge in [-0.15, -0.1) is 0 Å². The van der Waals surface area contributed by atoms with Gasteiger partial charge in [-0.2, -0.15) is 0 Å². The fourth-order valence-electron chi connectivity index (χ4n) is 2.00. The summed E-state index contributed by atoms with van der Waals surface area (Å²) in [5.41, 5.74) is 0.718. The third kappa shape index (κ3) is 6.59. The van der Waals surface area contributed by atoms with E-state index in [4.69, 9.17) is 9.47 Å². The summed E-state index contributed by atoms with van der Waals surface area (Å²) in [5, 5.41) is 5.40. The zero-order chi connectivity index (χ0) is 17.4. The maximum Gasteiger partial charge on any atom is 0.218 e. The molecule has 6 heteroatoms. The molecule has 0 spiro atoms.